The van der Waals surface area contributed by atoms with Crippen molar-refractivity contribution in [2.75, 3.05) is 0 Å². The monoisotopic (exact) mass is 330 g/mol. The summed E-state index contributed by atoms with van der Waals surface area (Å²) < 4.78 is 0. The third kappa shape index (κ3) is 10.2. The van der Waals surface area contributed by atoms with E-state index in [9.17, 15) is 0 Å². The van der Waals surface area contributed by atoms with Gasteiger partial charge in [0.15, 0.2) is 0 Å². The Kier molecular flexibility index (Phi) is 12.9. The first-order valence-corrected chi connectivity index (χ1v) is 10.8. The van der Waals surface area contributed by atoms with E-state index in [-0.39, 0.29) is 0 Å². The van der Waals surface area contributed by atoms with Crippen LogP contribution in [0.3, 0.4) is 0 Å². The Morgan fingerprint density at radius 1 is 0.542 bits per heavy atom. The van der Waals surface area contributed by atoms with Crippen LogP contribution in [0.1, 0.15) is 114 Å². The molecule has 0 N–H and O–H groups in total. The number of rotatable bonds is 15. The molecule has 0 bridgehead atoms. The third-order valence-electron chi connectivity index (χ3n) is 5.42. The molecule has 0 radical (unpaired) electrons. The highest BCUT2D eigenvalue weighted by Crippen LogP contribution is 2.18. The number of hydrogen-bond donors (Lipinski definition) is 0. The molecule has 0 aliphatic carbocycles. The first kappa shape index (κ1) is 21.3. The van der Waals surface area contributed by atoms with Crippen molar-refractivity contribution < 1.29 is 0 Å². The van der Waals surface area contributed by atoms with Gasteiger partial charge in [0.2, 0.25) is 0 Å². The molecule has 0 saturated carbocycles. The van der Waals surface area contributed by atoms with Crippen molar-refractivity contribution in [3.8, 4) is 0 Å². The van der Waals surface area contributed by atoms with Gasteiger partial charge in [-0.2, -0.15) is 0 Å². The molecule has 24 heavy (non-hydrogen) atoms. The molecular weight excluding hydrogens is 288 g/mol. The van der Waals surface area contributed by atoms with Crippen LogP contribution in [0.5, 0.6) is 0 Å². The highest BCUT2D eigenvalue weighted by Gasteiger charge is 2.01. The Morgan fingerprint density at radius 3 is 1.33 bits per heavy atom. The predicted octanol–water partition coefficient (Wildman–Crippen LogP) is 8.33. The van der Waals surface area contributed by atoms with Gasteiger partial charge in [0.25, 0.3) is 0 Å². The first-order valence-electron chi connectivity index (χ1n) is 10.8. The van der Waals surface area contributed by atoms with Crippen LogP contribution in [0, 0.1) is 13.8 Å². The molecule has 0 heterocycles. The average molecular weight is 331 g/mol. The molecule has 138 valence electrons. The summed E-state index contributed by atoms with van der Waals surface area (Å²) in [6, 6.07) is 6.69. The maximum Gasteiger partial charge on any atom is -0.0274 e. The van der Waals surface area contributed by atoms with E-state index >= 15 is 0 Å². The molecule has 0 aromatic heterocycles. The number of benzene rings is 1. The van der Waals surface area contributed by atoms with Crippen molar-refractivity contribution in [2.45, 2.75) is 117 Å². The lowest BCUT2D eigenvalue weighted by Gasteiger charge is -2.09. The Balaban J connectivity index is 1.86. The second kappa shape index (κ2) is 14.6. The van der Waals surface area contributed by atoms with E-state index in [1.165, 1.54) is 107 Å². The second-order valence-electron chi connectivity index (χ2n) is 7.72. The van der Waals surface area contributed by atoms with Gasteiger partial charge in [-0.05, 0) is 43.4 Å². The largest absolute Gasteiger partial charge is 0.0654 e. The normalized spacial score (nSPS) is 11.1. The lowest BCUT2D eigenvalue weighted by molar-refractivity contribution is 0.535. The highest BCUT2D eigenvalue weighted by molar-refractivity contribution is 5.33. The molecule has 1 aromatic carbocycles. The molecule has 0 fully saturated rings. The number of hydrogen-bond acceptors (Lipinski definition) is 0. The number of unbranched alkanes of at least 4 members (excludes halogenated alkanes) is 13. The van der Waals surface area contributed by atoms with Gasteiger partial charge in [0.1, 0.15) is 0 Å². The molecule has 0 nitrogen and oxygen atoms in total. The van der Waals surface area contributed by atoms with Gasteiger partial charge in [0, 0.05) is 0 Å². The van der Waals surface area contributed by atoms with Crippen LogP contribution in [0.25, 0.3) is 0 Å². The zero-order valence-electron chi connectivity index (χ0n) is 16.8. The van der Waals surface area contributed by atoms with Gasteiger partial charge >= 0.3 is 0 Å². The summed E-state index contributed by atoms with van der Waals surface area (Å²) in [5.41, 5.74) is 4.55. The van der Waals surface area contributed by atoms with Crippen molar-refractivity contribution >= 4 is 0 Å². The summed E-state index contributed by atoms with van der Waals surface area (Å²) in [6.07, 6.45) is 21.5. The van der Waals surface area contributed by atoms with E-state index in [1.807, 2.05) is 0 Å². The Hall–Kier alpha value is -0.780. The SMILES string of the molecule is CCCCCCCCCCCCCCCCc1c(C)cccc1C. The lowest BCUT2D eigenvalue weighted by Crippen LogP contribution is -1.94. The van der Waals surface area contributed by atoms with Crippen LogP contribution in [-0.2, 0) is 6.42 Å². The minimum Gasteiger partial charge on any atom is -0.0654 e. The Bertz CT molecular complexity index is 384. The summed E-state index contributed by atoms with van der Waals surface area (Å²) in [4.78, 5) is 0. The van der Waals surface area contributed by atoms with Crippen LogP contribution in [0.2, 0.25) is 0 Å². The summed E-state index contributed by atoms with van der Waals surface area (Å²) in [5.74, 6) is 0. The van der Waals surface area contributed by atoms with Gasteiger partial charge < -0.3 is 0 Å². The van der Waals surface area contributed by atoms with Crippen molar-refractivity contribution in [1.29, 1.82) is 0 Å². The van der Waals surface area contributed by atoms with Crippen LogP contribution < -0.4 is 0 Å². The van der Waals surface area contributed by atoms with Gasteiger partial charge in [-0.3, -0.25) is 0 Å². The Morgan fingerprint density at radius 2 is 0.917 bits per heavy atom. The molecule has 0 aliphatic rings. The van der Waals surface area contributed by atoms with Crippen LogP contribution in [0.4, 0.5) is 0 Å². The molecule has 1 aromatic rings. The maximum absolute atomic E-state index is 2.30. The van der Waals surface area contributed by atoms with Gasteiger partial charge in [-0.15, -0.1) is 0 Å². The summed E-state index contributed by atoms with van der Waals surface area (Å²) in [5, 5.41) is 0. The smallest absolute Gasteiger partial charge is 0.0274 e. The molecule has 0 atom stereocenters. The zero-order valence-corrected chi connectivity index (χ0v) is 16.8. The lowest BCUT2D eigenvalue weighted by atomic mass is 9.97. The molecule has 0 unspecified atom stereocenters. The van der Waals surface area contributed by atoms with Crippen LogP contribution in [-0.4, -0.2) is 0 Å². The van der Waals surface area contributed by atoms with Crippen molar-refractivity contribution in [3.05, 3.63) is 34.9 Å². The fourth-order valence-electron chi connectivity index (χ4n) is 3.74. The zero-order chi connectivity index (χ0) is 17.5. The first-order chi connectivity index (χ1) is 11.8. The molecule has 1 rings (SSSR count). The third-order valence-corrected chi connectivity index (χ3v) is 5.42. The predicted molar refractivity (Wildman–Crippen MR) is 110 cm³/mol. The standard InChI is InChI=1S/C24H42/c1-4-5-6-7-8-9-10-11-12-13-14-15-16-17-21-24-22(2)19-18-20-23(24)3/h18-20H,4-17,21H2,1-3H3. The van der Waals surface area contributed by atoms with Crippen LogP contribution in [0.15, 0.2) is 18.2 Å². The molecule has 0 aliphatic heterocycles. The molecule has 0 amide bonds. The minimum atomic E-state index is 1.27. The molecule has 0 spiro atoms. The van der Waals surface area contributed by atoms with Gasteiger partial charge in [-0.1, -0.05) is 109 Å². The Labute approximate surface area is 152 Å². The molecule has 0 saturated heterocycles. The van der Waals surface area contributed by atoms with Crippen LogP contribution >= 0.6 is 0 Å². The van der Waals surface area contributed by atoms with E-state index in [0.717, 1.165) is 0 Å². The quantitative estimate of drug-likeness (QED) is 0.283. The van der Waals surface area contributed by atoms with E-state index in [4.69, 9.17) is 0 Å². The van der Waals surface area contributed by atoms with E-state index in [0.29, 0.717) is 0 Å². The highest BCUT2D eigenvalue weighted by atomic mass is 14.1. The summed E-state index contributed by atoms with van der Waals surface area (Å²) >= 11 is 0. The molecular formula is C24H42. The van der Waals surface area contributed by atoms with Crippen molar-refractivity contribution in [2.24, 2.45) is 0 Å². The summed E-state index contributed by atoms with van der Waals surface area (Å²) in [6.45, 7) is 6.81. The number of aryl methyl sites for hydroxylation is 2. The fraction of sp³-hybridized carbons (Fsp3) is 0.750. The van der Waals surface area contributed by atoms with E-state index in [1.54, 1.807) is 5.56 Å². The topological polar surface area (TPSA) is 0 Å². The average Bonchev–Trinajstić information content (AvgIpc) is 2.57. The fourth-order valence-corrected chi connectivity index (χ4v) is 3.74. The summed E-state index contributed by atoms with van der Waals surface area (Å²) in [7, 11) is 0. The maximum atomic E-state index is 2.30. The van der Waals surface area contributed by atoms with E-state index < -0.39 is 0 Å². The molecule has 0 heteroatoms. The van der Waals surface area contributed by atoms with Gasteiger partial charge in [0.05, 0.1) is 0 Å². The van der Waals surface area contributed by atoms with E-state index in [2.05, 4.69) is 39.0 Å². The second-order valence-corrected chi connectivity index (χ2v) is 7.72. The van der Waals surface area contributed by atoms with Crippen molar-refractivity contribution in [3.63, 3.8) is 0 Å². The van der Waals surface area contributed by atoms with Gasteiger partial charge in [-0.25, -0.2) is 0 Å². The minimum absolute atomic E-state index is 1.27. The van der Waals surface area contributed by atoms with Crippen molar-refractivity contribution in [1.82, 2.24) is 0 Å².